The number of hydrogen-bond acceptors (Lipinski definition) is 8. The van der Waals surface area contributed by atoms with E-state index in [-0.39, 0.29) is 43.1 Å². The first kappa shape index (κ1) is 33.5. The van der Waals surface area contributed by atoms with Gasteiger partial charge >= 0.3 is 12.4 Å². The molecule has 1 fully saturated rings. The molecule has 1 aliphatic rings. The van der Waals surface area contributed by atoms with Crippen LogP contribution in [0.4, 0.5) is 32.2 Å². The minimum absolute atomic E-state index is 0.117. The SMILES string of the molecule is CCOc1cccc(-c2cc(C(=O)N3CCN(c4ccc(C(=O)NS(=O)(=O)CCC(F)(F)F)nn4)CC3)cc(C(F)(F)F)c2)c1. The van der Waals surface area contributed by atoms with Gasteiger partial charge in [-0.2, -0.15) is 26.3 Å². The minimum Gasteiger partial charge on any atom is -0.494 e. The van der Waals surface area contributed by atoms with Crippen LogP contribution in [0.25, 0.3) is 11.1 Å². The number of rotatable bonds is 9. The van der Waals surface area contributed by atoms with Crippen LogP contribution >= 0.6 is 0 Å². The Morgan fingerprint density at radius 1 is 0.911 bits per heavy atom. The number of aromatic nitrogens is 2. The number of halogens is 6. The molecule has 0 bridgehead atoms. The molecule has 1 aromatic heterocycles. The van der Waals surface area contributed by atoms with Gasteiger partial charge in [-0.25, -0.2) is 13.1 Å². The number of piperazine rings is 1. The van der Waals surface area contributed by atoms with Gasteiger partial charge in [0.2, 0.25) is 10.0 Å². The van der Waals surface area contributed by atoms with Gasteiger partial charge in [0, 0.05) is 31.7 Å². The molecule has 0 radical (unpaired) electrons. The Labute approximate surface area is 254 Å². The monoisotopic (exact) mass is 659 g/mol. The number of nitrogens with zero attached hydrogens (tertiary/aromatic N) is 4. The highest BCUT2D eigenvalue weighted by atomic mass is 32.2. The van der Waals surface area contributed by atoms with E-state index < -0.39 is 57.6 Å². The molecule has 1 N–H and O–H groups in total. The van der Waals surface area contributed by atoms with Gasteiger partial charge in [-0.05, 0) is 60.5 Å². The summed E-state index contributed by atoms with van der Waals surface area (Å²) in [6.07, 6.45) is -11.1. The topological polar surface area (TPSA) is 122 Å². The summed E-state index contributed by atoms with van der Waals surface area (Å²) in [6.45, 7) is 2.79. The minimum atomic E-state index is -4.72. The predicted octanol–water partition coefficient (Wildman–Crippen LogP) is 4.54. The van der Waals surface area contributed by atoms with Gasteiger partial charge in [-0.15, -0.1) is 10.2 Å². The second-order valence-electron chi connectivity index (χ2n) is 9.93. The molecule has 0 spiro atoms. The maximum atomic E-state index is 13.8. The van der Waals surface area contributed by atoms with Crippen molar-refractivity contribution in [1.82, 2.24) is 19.8 Å². The molecule has 2 amide bonds. The third-order valence-corrected chi connectivity index (χ3v) is 7.90. The maximum Gasteiger partial charge on any atom is 0.416 e. The molecule has 242 valence electrons. The zero-order valence-corrected chi connectivity index (χ0v) is 24.5. The fourth-order valence-electron chi connectivity index (χ4n) is 4.44. The molecular formula is C28H27F6N5O5S. The van der Waals surface area contributed by atoms with Crippen molar-refractivity contribution in [1.29, 1.82) is 0 Å². The van der Waals surface area contributed by atoms with Gasteiger partial charge < -0.3 is 14.5 Å². The number of carbonyl (C=O) groups excluding carboxylic acids is 2. The van der Waals surface area contributed by atoms with Crippen LogP contribution in [-0.2, 0) is 16.2 Å². The van der Waals surface area contributed by atoms with Gasteiger partial charge in [0.25, 0.3) is 11.8 Å². The van der Waals surface area contributed by atoms with Crippen LogP contribution < -0.4 is 14.4 Å². The molecule has 1 saturated heterocycles. The van der Waals surface area contributed by atoms with E-state index in [0.717, 1.165) is 18.2 Å². The van der Waals surface area contributed by atoms with E-state index in [4.69, 9.17) is 4.74 Å². The molecule has 10 nitrogen and oxygen atoms in total. The number of ether oxygens (including phenoxy) is 1. The van der Waals surface area contributed by atoms with E-state index >= 15 is 0 Å². The molecule has 17 heteroatoms. The second-order valence-corrected chi connectivity index (χ2v) is 11.8. The van der Waals surface area contributed by atoms with Crippen LogP contribution in [0, 0.1) is 0 Å². The summed E-state index contributed by atoms with van der Waals surface area (Å²) in [5.41, 5.74) is -0.927. The fraction of sp³-hybridized carbons (Fsp3) is 0.357. The molecule has 1 aliphatic heterocycles. The van der Waals surface area contributed by atoms with E-state index in [9.17, 15) is 44.3 Å². The number of benzene rings is 2. The molecule has 45 heavy (non-hydrogen) atoms. The maximum absolute atomic E-state index is 13.8. The third kappa shape index (κ3) is 9.06. The molecule has 4 rings (SSSR count). The second kappa shape index (κ2) is 13.3. The Morgan fingerprint density at radius 2 is 1.62 bits per heavy atom. The lowest BCUT2D eigenvalue weighted by Crippen LogP contribution is -2.49. The van der Waals surface area contributed by atoms with Crippen molar-refractivity contribution in [3.63, 3.8) is 0 Å². The first-order valence-electron chi connectivity index (χ1n) is 13.5. The van der Waals surface area contributed by atoms with Crippen molar-refractivity contribution in [2.75, 3.05) is 43.4 Å². The van der Waals surface area contributed by atoms with Crippen LogP contribution in [0.1, 0.15) is 39.8 Å². The highest BCUT2D eigenvalue weighted by molar-refractivity contribution is 7.90. The third-order valence-electron chi connectivity index (χ3n) is 6.66. The highest BCUT2D eigenvalue weighted by Crippen LogP contribution is 2.35. The fourth-order valence-corrected chi connectivity index (χ4v) is 5.43. The molecular weight excluding hydrogens is 632 g/mol. The lowest BCUT2D eigenvalue weighted by molar-refractivity contribution is -0.137. The van der Waals surface area contributed by atoms with Gasteiger partial charge in [-0.1, -0.05) is 12.1 Å². The standard InChI is InChI=1S/C28H27F6N5O5S/c1-2-44-22-5-3-4-18(17-22)19-14-20(16-21(15-19)28(32,33)34)26(41)39-11-9-38(10-12-39)24-7-6-23(35-36-24)25(40)37-45(42,43)13-8-27(29,30)31/h3-7,14-17H,2,8-13H2,1H3,(H,37,40). The van der Waals surface area contributed by atoms with Gasteiger partial charge in [-0.3, -0.25) is 9.59 Å². The molecule has 3 aromatic rings. The van der Waals surface area contributed by atoms with Crippen molar-refractivity contribution in [3.8, 4) is 16.9 Å². The van der Waals surface area contributed by atoms with E-state index in [1.54, 1.807) is 36.1 Å². The van der Waals surface area contributed by atoms with E-state index in [1.165, 1.54) is 21.8 Å². The van der Waals surface area contributed by atoms with E-state index in [1.807, 2.05) is 0 Å². The average Bonchev–Trinajstić information content (AvgIpc) is 2.99. The van der Waals surface area contributed by atoms with Crippen molar-refractivity contribution in [2.24, 2.45) is 0 Å². The Morgan fingerprint density at radius 3 is 2.22 bits per heavy atom. The smallest absolute Gasteiger partial charge is 0.416 e. The molecule has 0 unspecified atom stereocenters. The molecule has 0 atom stereocenters. The quantitative estimate of drug-likeness (QED) is 0.333. The van der Waals surface area contributed by atoms with Gasteiger partial charge in [0.05, 0.1) is 24.3 Å². The Hall–Kier alpha value is -4.41. The first-order chi connectivity index (χ1) is 21.0. The Bertz CT molecular complexity index is 1640. The molecule has 0 saturated carbocycles. The average molecular weight is 660 g/mol. The number of sulfonamides is 1. The zero-order valence-electron chi connectivity index (χ0n) is 23.7. The summed E-state index contributed by atoms with van der Waals surface area (Å²) in [4.78, 5) is 28.6. The lowest BCUT2D eigenvalue weighted by atomic mass is 9.98. The van der Waals surface area contributed by atoms with Crippen LogP contribution in [0.3, 0.4) is 0 Å². The predicted molar refractivity (Wildman–Crippen MR) is 150 cm³/mol. The van der Waals surface area contributed by atoms with Crippen LogP contribution in [0.5, 0.6) is 5.75 Å². The van der Waals surface area contributed by atoms with Crippen molar-refractivity contribution >= 4 is 27.7 Å². The van der Waals surface area contributed by atoms with Crippen LogP contribution in [-0.4, -0.2) is 80.0 Å². The van der Waals surface area contributed by atoms with Gasteiger partial charge in [0.1, 0.15) is 5.75 Å². The summed E-state index contributed by atoms with van der Waals surface area (Å²) in [5.74, 6) is -2.46. The number of alkyl halides is 6. The lowest BCUT2D eigenvalue weighted by Gasteiger charge is -2.35. The molecule has 2 heterocycles. The summed E-state index contributed by atoms with van der Waals surface area (Å²) in [6, 6.07) is 12.2. The first-order valence-corrected chi connectivity index (χ1v) is 15.1. The molecule has 2 aromatic carbocycles. The number of amides is 2. The van der Waals surface area contributed by atoms with E-state index in [2.05, 4.69) is 10.2 Å². The summed E-state index contributed by atoms with van der Waals surface area (Å²) in [5, 5.41) is 7.52. The summed E-state index contributed by atoms with van der Waals surface area (Å²) < 4.78 is 109. The molecule has 0 aliphatic carbocycles. The number of anilines is 1. The van der Waals surface area contributed by atoms with Crippen LogP contribution in [0.15, 0.2) is 54.6 Å². The van der Waals surface area contributed by atoms with Crippen molar-refractivity contribution in [2.45, 2.75) is 25.7 Å². The van der Waals surface area contributed by atoms with Crippen molar-refractivity contribution < 1.29 is 49.1 Å². The van der Waals surface area contributed by atoms with Gasteiger partial charge in [0.15, 0.2) is 11.5 Å². The number of carbonyl (C=O) groups is 2. The highest BCUT2D eigenvalue weighted by Gasteiger charge is 2.33. The summed E-state index contributed by atoms with van der Waals surface area (Å²) >= 11 is 0. The van der Waals surface area contributed by atoms with Crippen LogP contribution in [0.2, 0.25) is 0 Å². The summed E-state index contributed by atoms with van der Waals surface area (Å²) in [7, 11) is -4.57. The number of hydrogen-bond donors (Lipinski definition) is 1. The largest absolute Gasteiger partial charge is 0.494 e. The normalized spacial score (nSPS) is 14.3. The Balaban J connectivity index is 1.43. The zero-order chi connectivity index (χ0) is 33.0. The van der Waals surface area contributed by atoms with E-state index in [0.29, 0.717) is 17.9 Å². The van der Waals surface area contributed by atoms with Crippen molar-refractivity contribution in [3.05, 3.63) is 71.4 Å². The number of nitrogens with one attached hydrogen (secondary N) is 1. The Kier molecular flexibility index (Phi) is 9.89.